The average Bonchev–Trinajstić information content (AvgIpc) is 2.88. The molecule has 0 saturated heterocycles. The van der Waals surface area contributed by atoms with Crippen LogP contribution in [0.2, 0.25) is 0 Å². The van der Waals surface area contributed by atoms with Crippen molar-refractivity contribution in [3.05, 3.63) is 71.5 Å². The van der Waals surface area contributed by atoms with Crippen LogP contribution in [0.25, 0.3) is 0 Å². The van der Waals surface area contributed by atoms with Gasteiger partial charge in [0, 0.05) is 0 Å². The van der Waals surface area contributed by atoms with E-state index in [2.05, 4.69) is 4.99 Å². The summed E-state index contributed by atoms with van der Waals surface area (Å²) in [6.07, 6.45) is -5.22. The van der Waals surface area contributed by atoms with Crippen LogP contribution in [0.1, 0.15) is 22.8 Å². The molecule has 0 saturated carbocycles. The van der Waals surface area contributed by atoms with Gasteiger partial charge in [0.15, 0.2) is 0 Å². The maximum Gasteiger partial charge on any atom is 0.442 e. The van der Waals surface area contributed by atoms with Crippen LogP contribution in [-0.2, 0) is 11.3 Å². The van der Waals surface area contributed by atoms with Gasteiger partial charge in [0.25, 0.3) is 11.8 Å². The predicted octanol–water partition coefficient (Wildman–Crippen LogP) is 3.27. The first-order valence-corrected chi connectivity index (χ1v) is 8.22. The Balaban J connectivity index is 1.95. The lowest BCUT2D eigenvalue weighted by molar-refractivity contribution is -0.196. The summed E-state index contributed by atoms with van der Waals surface area (Å²) in [4.78, 5) is 29.3. The van der Waals surface area contributed by atoms with Crippen LogP contribution in [0.3, 0.4) is 0 Å². The van der Waals surface area contributed by atoms with E-state index in [-0.39, 0.29) is 12.4 Å². The summed E-state index contributed by atoms with van der Waals surface area (Å²) in [6, 6.07) is 12.9. The smallest absolute Gasteiger partial charge is 0.312 e. The van der Waals surface area contributed by atoms with Gasteiger partial charge in [-0.15, -0.1) is 0 Å². The second kappa shape index (κ2) is 7.06. The number of amides is 2. The average molecular weight is 393 g/mol. The molecule has 0 bridgehead atoms. The third-order valence-corrected chi connectivity index (χ3v) is 4.28. The molecule has 2 aromatic carbocycles. The molecule has 0 aromatic heterocycles. The zero-order chi connectivity index (χ0) is 20.5. The number of aliphatic imine (C=N–C) groups is 1. The first-order chi connectivity index (χ1) is 13.2. The predicted molar refractivity (Wildman–Crippen MR) is 92.8 cm³/mol. The summed E-state index contributed by atoms with van der Waals surface area (Å²) in [5.41, 5.74) is -3.54. The molecule has 1 aliphatic rings. The van der Waals surface area contributed by atoms with Crippen LogP contribution in [0.5, 0.6) is 0 Å². The Morgan fingerprint density at radius 2 is 1.71 bits per heavy atom. The molecule has 1 N–H and O–H groups in total. The Kier molecular flexibility index (Phi) is 4.93. The molecule has 1 heterocycles. The van der Waals surface area contributed by atoms with Gasteiger partial charge < -0.3 is 5.32 Å². The zero-order valence-electron chi connectivity index (χ0n) is 14.6. The topological polar surface area (TPSA) is 61.8 Å². The molecular weight excluding hydrogens is 378 g/mol. The van der Waals surface area contributed by atoms with Crippen molar-refractivity contribution in [3.63, 3.8) is 0 Å². The number of benzene rings is 2. The van der Waals surface area contributed by atoms with Gasteiger partial charge in [-0.2, -0.15) is 13.2 Å². The minimum Gasteiger partial charge on any atom is -0.312 e. The first-order valence-electron chi connectivity index (χ1n) is 8.22. The van der Waals surface area contributed by atoms with Crippen molar-refractivity contribution in [1.29, 1.82) is 0 Å². The molecule has 0 radical (unpaired) electrons. The van der Waals surface area contributed by atoms with Crippen LogP contribution in [-0.4, -0.2) is 34.4 Å². The SMILES string of the molecule is CC1=NC(NC(=O)c2ccccc2F)(C(F)(F)F)C(=O)N1Cc1ccccc1. The quantitative estimate of drug-likeness (QED) is 0.811. The fraction of sp³-hybridized carbons (Fsp3) is 0.211. The van der Waals surface area contributed by atoms with Crippen LogP contribution >= 0.6 is 0 Å². The van der Waals surface area contributed by atoms with E-state index in [1.807, 2.05) is 0 Å². The van der Waals surface area contributed by atoms with E-state index in [1.165, 1.54) is 19.1 Å². The van der Waals surface area contributed by atoms with Gasteiger partial charge in [-0.1, -0.05) is 42.5 Å². The highest BCUT2D eigenvalue weighted by Gasteiger charge is 2.66. The number of nitrogens with zero attached hydrogens (tertiary/aromatic N) is 2. The van der Waals surface area contributed by atoms with Gasteiger partial charge in [0.2, 0.25) is 0 Å². The molecule has 3 rings (SSSR count). The monoisotopic (exact) mass is 393 g/mol. The molecule has 1 unspecified atom stereocenters. The molecule has 1 aliphatic heterocycles. The summed E-state index contributed by atoms with van der Waals surface area (Å²) in [5.74, 6) is -4.06. The van der Waals surface area contributed by atoms with Crippen molar-refractivity contribution in [3.8, 4) is 0 Å². The van der Waals surface area contributed by atoms with Gasteiger partial charge in [0.1, 0.15) is 11.7 Å². The number of rotatable bonds is 4. The number of carbonyl (C=O) groups excluding carboxylic acids is 2. The van der Waals surface area contributed by atoms with Crippen molar-refractivity contribution in [2.24, 2.45) is 4.99 Å². The lowest BCUT2D eigenvalue weighted by Crippen LogP contribution is -2.63. The van der Waals surface area contributed by atoms with E-state index in [1.54, 1.807) is 35.6 Å². The van der Waals surface area contributed by atoms with Crippen LogP contribution < -0.4 is 5.32 Å². The number of hydrogen-bond donors (Lipinski definition) is 1. The lowest BCUT2D eigenvalue weighted by atomic mass is 10.1. The fourth-order valence-electron chi connectivity index (χ4n) is 2.86. The van der Waals surface area contributed by atoms with E-state index in [9.17, 15) is 27.2 Å². The standard InChI is InChI=1S/C19H15F4N3O2/c1-12-24-18(19(21,22)23,25-16(27)14-9-5-6-10-15(14)20)17(28)26(12)11-13-7-3-2-4-8-13/h2-10H,11H2,1H3,(H,25,27). The normalized spacial score (nSPS) is 19.5. The highest BCUT2D eigenvalue weighted by molar-refractivity contribution is 6.10. The van der Waals surface area contributed by atoms with Crippen molar-refractivity contribution in [2.45, 2.75) is 25.3 Å². The number of carbonyl (C=O) groups is 2. The molecule has 5 nitrogen and oxygen atoms in total. The second-order valence-electron chi connectivity index (χ2n) is 6.18. The highest BCUT2D eigenvalue weighted by Crippen LogP contribution is 2.38. The van der Waals surface area contributed by atoms with Crippen molar-refractivity contribution in [1.82, 2.24) is 10.2 Å². The summed E-state index contributed by atoms with van der Waals surface area (Å²) >= 11 is 0. The number of nitrogens with one attached hydrogen (secondary N) is 1. The van der Waals surface area contributed by atoms with E-state index in [0.717, 1.165) is 17.0 Å². The zero-order valence-corrected chi connectivity index (χ0v) is 14.6. The minimum atomic E-state index is -5.22. The Morgan fingerprint density at radius 1 is 1.11 bits per heavy atom. The maximum absolute atomic E-state index is 13.9. The molecule has 0 spiro atoms. The maximum atomic E-state index is 13.9. The molecular formula is C19H15F4N3O2. The molecule has 146 valence electrons. The van der Waals surface area contributed by atoms with Gasteiger partial charge in [-0.05, 0) is 24.6 Å². The van der Waals surface area contributed by atoms with E-state index in [4.69, 9.17) is 0 Å². The van der Waals surface area contributed by atoms with Crippen LogP contribution in [0.4, 0.5) is 17.6 Å². The fourth-order valence-corrected chi connectivity index (χ4v) is 2.86. The largest absolute Gasteiger partial charge is 0.442 e. The number of hydrogen-bond acceptors (Lipinski definition) is 3. The van der Waals surface area contributed by atoms with E-state index < -0.39 is 35.0 Å². The number of amidine groups is 1. The van der Waals surface area contributed by atoms with Gasteiger partial charge in [0.05, 0.1) is 12.1 Å². The molecule has 0 fully saturated rings. The second-order valence-corrected chi connectivity index (χ2v) is 6.18. The summed E-state index contributed by atoms with van der Waals surface area (Å²) < 4.78 is 55.4. The molecule has 2 amide bonds. The first kappa shape index (κ1) is 19.5. The van der Waals surface area contributed by atoms with Crippen molar-refractivity contribution < 1.29 is 27.2 Å². The Hall–Kier alpha value is -3.23. The third kappa shape index (κ3) is 3.35. The van der Waals surface area contributed by atoms with Crippen molar-refractivity contribution >= 4 is 17.6 Å². The summed E-state index contributed by atoms with van der Waals surface area (Å²) in [5, 5.41) is 1.60. The summed E-state index contributed by atoms with van der Waals surface area (Å²) in [6.45, 7) is 1.09. The molecule has 9 heteroatoms. The molecule has 1 atom stereocenters. The van der Waals surface area contributed by atoms with E-state index >= 15 is 0 Å². The Labute approximate surface area is 157 Å². The summed E-state index contributed by atoms with van der Waals surface area (Å²) in [7, 11) is 0. The Bertz CT molecular complexity index is 944. The Morgan fingerprint density at radius 3 is 2.32 bits per heavy atom. The molecule has 2 aromatic rings. The van der Waals surface area contributed by atoms with Crippen LogP contribution in [0.15, 0.2) is 59.6 Å². The highest BCUT2D eigenvalue weighted by atomic mass is 19.4. The number of halogens is 4. The van der Waals surface area contributed by atoms with E-state index in [0.29, 0.717) is 5.56 Å². The third-order valence-electron chi connectivity index (χ3n) is 4.28. The van der Waals surface area contributed by atoms with Gasteiger partial charge in [-0.3, -0.25) is 14.5 Å². The minimum absolute atomic E-state index is 0.150. The lowest BCUT2D eigenvalue weighted by Gasteiger charge is -2.29. The number of alkyl halides is 3. The van der Waals surface area contributed by atoms with Gasteiger partial charge in [-0.25, -0.2) is 9.38 Å². The van der Waals surface area contributed by atoms with Crippen LogP contribution in [0, 0.1) is 5.82 Å². The molecule has 0 aliphatic carbocycles. The molecule has 28 heavy (non-hydrogen) atoms. The van der Waals surface area contributed by atoms with Crippen molar-refractivity contribution in [2.75, 3.05) is 0 Å². The van der Waals surface area contributed by atoms with Gasteiger partial charge >= 0.3 is 11.8 Å².